The van der Waals surface area contributed by atoms with Crippen molar-refractivity contribution in [2.75, 3.05) is 36.0 Å². The molecule has 0 aliphatic carbocycles. The van der Waals surface area contributed by atoms with Gasteiger partial charge in [-0.15, -0.1) is 0 Å². The van der Waals surface area contributed by atoms with Gasteiger partial charge in [0.05, 0.1) is 0 Å². The van der Waals surface area contributed by atoms with E-state index >= 15 is 0 Å². The van der Waals surface area contributed by atoms with Crippen molar-refractivity contribution in [3.8, 4) is 0 Å². The summed E-state index contributed by atoms with van der Waals surface area (Å²) in [5, 5.41) is 0.752. The summed E-state index contributed by atoms with van der Waals surface area (Å²) in [6.07, 6.45) is 1.84. The Kier molecular flexibility index (Phi) is 4.27. The molecular formula is C16H19ClN4. The standard InChI is InChI=1S/C16H19ClN4/c17-15-11-14(5-4-13(15)12-18)20-7-9-21(10-8-20)16-3-1-2-6-19-16/h1-6,11H,7-10,12,18H2. The summed E-state index contributed by atoms with van der Waals surface area (Å²) in [7, 11) is 0. The summed E-state index contributed by atoms with van der Waals surface area (Å²) < 4.78 is 0. The predicted molar refractivity (Wildman–Crippen MR) is 88.0 cm³/mol. The molecule has 4 nitrogen and oxygen atoms in total. The maximum Gasteiger partial charge on any atom is 0.128 e. The minimum absolute atomic E-state index is 0.479. The molecule has 5 heteroatoms. The average molecular weight is 303 g/mol. The molecular weight excluding hydrogens is 284 g/mol. The average Bonchev–Trinajstić information content (AvgIpc) is 2.56. The smallest absolute Gasteiger partial charge is 0.128 e. The first-order valence-electron chi connectivity index (χ1n) is 7.17. The number of aromatic nitrogens is 1. The lowest BCUT2D eigenvalue weighted by Crippen LogP contribution is -2.46. The molecule has 110 valence electrons. The molecule has 1 aromatic heterocycles. The number of pyridine rings is 1. The van der Waals surface area contributed by atoms with E-state index in [4.69, 9.17) is 17.3 Å². The van der Waals surface area contributed by atoms with Gasteiger partial charge in [0.1, 0.15) is 5.82 Å². The molecule has 2 heterocycles. The number of halogens is 1. The first-order valence-corrected chi connectivity index (χ1v) is 7.55. The van der Waals surface area contributed by atoms with Crippen molar-refractivity contribution >= 4 is 23.1 Å². The largest absolute Gasteiger partial charge is 0.368 e. The second-order valence-electron chi connectivity index (χ2n) is 5.14. The third-order valence-corrected chi connectivity index (χ3v) is 4.23. The van der Waals surface area contributed by atoms with Gasteiger partial charge in [0, 0.05) is 49.6 Å². The van der Waals surface area contributed by atoms with Crippen molar-refractivity contribution in [2.24, 2.45) is 5.73 Å². The lowest BCUT2D eigenvalue weighted by Gasteiger charge is -2.36. The fourth-order valence-corrected chi connectivity index (χ4v) is 2.88. The van der Waals surface area contributed by atoms with Crippen LogP contribution in [0.1, 0.15) is 5.56 Å². The molecule has 2 N–H and O–H groups in total. The van der Waals surface area contributed by atoms with Crippen LogP contribution in [0.4, 0.5) is 11.5 Å². The molecule has 0 unspecified atom stereocenters. The number of rotatable bonds is 3. The molecule has 1 fully saturated rings. The highest BCUT2D eigenvalue weighted by molar-refractivity contribution is 6.31. The topological polar surface area (TPSA) is 45.4 Å². The Morgan fingerprint density at radius 2 is 1.81 bits per heavy atom. The van der Waals surface area contributed by atoms with Crippen LogP contribution in [0.15, 0.2) is 42.6 Å². The van der Waals surface area contributed by atoms with Crippen molar-refractivity contribution in [1.82, 2.24) is 4.98 Å². The third-order valence-electron chi connectivity index (χ3n) is 3.87. The number of piperazine rings is 1. The van der Waals surface area contributed by atoms with Gasteiger partial charge in [-0.25, -0.2) is 4.98 Å². The zero-order valence-corrected chi connectivity index (χ0v) is 12.6. The molecule has 1 aliphatic heterocycles. The maximum absolute atomic E-state index is 6.25. The van der Waals surface area contributed by atoms with Gasteiger partial charge in [-0.3, -0.25) is 0 Å². The highest BCUT2D eigenvalue weighted by Crippen LogP contribution is 2.25. The zero-order valence-electron chi connectivity index (χ0n) is 11.9. The van der Waals surface area contributed by atoms with Crippen molar-refractivity contribution in [2.45, 2.75) is 6.54 Å². The first-order chi connectivity index (χ1) is 10.3. The van der Waals surface area contributed by atoms with Gasteiger partial charge < -0.3 is 15.5 Å². The number of hydrogen-bond acceptors (Lipinski definition) is 4. The van der Waals surface area contributed by atoms with Crippen molar-refractivity contribution in [3.05, 3.63) is 53.2 Å². The Morgan fingerprint density at radius 3 is 2.43 bits per heavy atom. The van der Waals surface area contributed by atoms with E-state index in [0.717, 1.165) is 48.3 Å². The Balaban J connectivity index is 1.67. The molecule has 0 bridgehead atoms. The summed E-state index contributed by atoms with van der Waals surface area (Å²) in [5.74, 6) is 1.05. The monoisotopic (exact) mass is 302 g/mol. The molecule has 0 amide bonds. The number of nitrogens with zero attached hydrogens (tertiary/aromatic N) is 3. The second-order valence-corrected chi connectivity index (χ2v) is 5.55. The first kappa shape index (κ1) is 14.2. The Labute approximate surface area is 130 Å². The number of anilines is 2. The summed E-state index contributed by atoms with van der Waals surface area (Å²) in [6.45, 7) is 4.34. The van der Waals surface area contributed by atoms with E-state index in [1.165, 1.54) is 0 Å². The number of benzene rings is 1. The van der Waals surface area contributed by atoms with Gasteiger partial charge in [0.25, 0.3) is 0 Å². The highest BCUT2D eigenvalue weighted by atomic mass is 35.5. The van der Waals surface area contributed by atoms with E-state index in [-0.39, 0.29) is 0 Å². The van der Waals surface area contributed by atoms with Crippen molar-refractivity contribution in [1.29, 1.82) is 0 Å². The van der Waals surface area contributed by atoms with E-state index in [1.807, 2.05) is 30.5 Å². The lowest BCUT2D eigenvalue weighted by atomic mass is 10.1. The summed E-state index contributed by atoms with van der Waals surface area (Å²) in [6, 6.07) is 12.2. The molecule has 0 radical (unpaired) electrons. The Morgan fingerprint density at radius 1 is 1.05 bits per heavy atom. The van der Waals surface area contributed by atoms with Crippen LogP contribution in [0.25, 0.3) is 0 Å². The van der Waals surface area contributed by atoms with E-state index in [2.05, 4.69) is 26.9 Å². The Hall–Kier alpha value is -1.78. The molecule has 1 saturated heterocycles. The second kappa shape index (κ2) is 6.33. The van der Waals surface area contributed by atoms with Gasteiger partial charge in [-0.05, 0) is 29.8 Å². The van der Waals surface area contributed by atoms with Gasteiger partial charge in [0.2, 0.25) is 0 Å². The molecule has 1 aliphatic rings. The number of nitrogens with two attached hydrogens (primary N) is 1. The lowest BCUT2D eigenvalue weighted by molar-refractivity contribution is 0.647. The maximum atomic E-state index is 6.25. The molecule has 3 rings (SSSR count). The fraction of sp³-hybridized carbons (Fsp3) is 0.312. The molecule has 21 heavy (non-hydrogen) atoms. The van der Waals surface area contributed by atoms with E-state index in [1.54, 1.807) is 0 Å². The molecule has 2 aromatic rings. The zero-order chi connectivity index (χ0) is 14.7. The summed E-state index contributed by atoms with van der Waals surface area (Å²) in [4.78, 5) is 9.07. The van der Waals surface area contributed by atoms with Gasteiger partial charge in [0.15, 0.2) is 0 Å². The van der Waals surface area contributed by atoms with Crippen LogP contribution in [0.5, 0.6) is 0 Å². The van der Waals surface area contributed by atoms with Crippen LogP contribution in [-0.4, -0.2) is 31.2 Å². The minimum Gasteiger partial charge on any atom is -0.368 e. The van der Waals surface area contributed by atoms with Crippen LogP contribution >= 0.6 is 11.6 Å². The van der Waals surface area contributed by atoms with Crippen LogP contribution < -0.4 is 15.5 Å². The third kappa shape index (κ3) is 3.12. The van der Waals surface area contributed by atoms with Crippen LogP contribution in [0.3, 0.4) is 0 Å². The summed E-state index contributed by atoms with van der Waals surface area (Å²) in [5.41, 5.74) is 7.81. The molecule has 1 aromatic carbocycles. The fourth-order valence-electron chi connectivity index (χ4n) is 2.63. The number of hydrogen-bond donors (Lipinski definition) is 1. The predicted octanol–water partition coefficient (Wildman–Crippen LogP) is 2.52. The van der Waals surface area contributed by atoms with Gasteiger partial charge in [-0.1, -0.05) is 23.7 Å². The molecule has 0 atom stereocenters. The summed E-state index contributed by atoms with van der Waals surface area (Å²) >= 11 is 6.25. The van der Waals surface area contributed by atoms with Gasteiger partial charge in [-0.2, -0.15) is 0 Å². The van der Waals surface area contributed by atoms with Crippen LogP contribution in [0.2, 0.25) is 5.02 Å². The van der Waals surface area contributed by atoms with Crippen molar-refractivity contribution < 1.29 is 0 Å². The van der Waals surface area contributed by atoms with Crippen LogP contribution in [0, 0.1) is 0 Å². The van der Waals surface area contributed by atoms with E-state index < -0.39 is 0 Å². The highest BCUT2D eigenvalue weighted by Gasteiger charge is 2.18. The van der Waals surface area contributed by atoms with Crippen LogP contribution in [-0.2, 0) is 6.54 Å². The Bertz CT molecular complexity index is 594. The molecule has 0 saturated carbocycles. The minimum atomic E-state index is 0.479. The molecule has 0 spiro atoms. The quantitative estimate of drug-likeness (QED) is 0.946. The normalized spacial score (nSPS) is 15.3. The van der Waals surface area contributed by atoms with Crippen molar-refractivity contribution in [3.63, 3.8) is 0 Å². The SMILES string of the molecule is NCc1ccc(N2CCN(c3ccccn3)CC2)cc1Cl. The van der Waals surface area contributed by atoms with Gasteiger partial charge >= 0.3 is 0 Å². The van der Waals surface area contributed by atoms with E-state index in [9.17, 15) is 0 Å². The van der Waals surface area contributed by atoms with E-state index in [0.29, 0.717) is 6.54 Å².